The van der Waals surface area contributed by atoms with Crippen LogP contribution in [-0.4, -0.2) is 41.6 Å². The molecule has 1 aliphatic heterocycles. The Hall–Kier alpha value is -4.15. The quantitative estimate of drug-likeness (QED) is 0.455. The van der Waals surface area contributed by atoms with E-state index in [1.165, 1.54) is 23.1 Å². The second-order valence-electron chi connectivity index (χ2n) is 7.74. The van der Waals surface area contributed by atoms with Crippen LogP contribution < -0.4 is 19.9 Å². The first-order chi connectivity index (χ1) is 16.7. The molecule has 0 bridgehead atoms. The van der Waals surface area contributed by atoms with Gasteiger partial charge in [0.1, 0.15) is 12.3 Å². The molecule has 0 saturated carbocycles. The molecule has 1 aliphatic rings. The minimum Gasteiger partial charge on any atom is -0.497 e. The third kappa shape index (κ3) is 5.18. The van der Waals surface area contributed by atoms with E-state index < -0.39 is 18.8 Å². The van der Waals surface area contributed by atoms with Crippen LogP contribution in [0.2, 0.25) is 0 Å². The minimum atomic E-state index is -4.46. The van der Waals surface area contributed by atoms with E-state index in [9.17, 15) is 22.8 Å². The summed E-state index contributed by atoms with van der Waals surface area (Å²) in [6.45, 7) is 0.550. The van der Waals surface area contributed by atoms with Crippen LogP contribution >= 0.6 is 0 Å². The second-order valence-corrected chi connectivity index (χ2v) is 7.74. The topological polar surface area (TPSA) is 87.7 Å². The van der Waals surface area contributed by atoms with E-state index in [2.05, 4.69) is 15.3 Å². The van der Waals surface area contributed by atoms with Gasteiger partial charge in [-0.2, -0.15) is 18.2 Å². The molecule has 3 aromatic rings. The van der Waals surface area contributed by atoms with Crippen molar-refractivity contribution < 1.29 is 27.5 Å². The van der Waals surface area contributed by atoms with Crippen molar-refractivity contribution in [3.05, 3.63) is 65.9 Å². The first kappa shape index (κ1) is 24.0. The van der Waals surface area contributed by atoms with E-state index in [-0.39, 0.29) is 24.1 Å². The van der Waals surface area contributed by atoms with Crippen LogP contribution in [0.1, 0.15) is 29.3 Å². The number of carbonyl (C=O) groups excluding carboxylic acids is 2. The number of amides is 2. The lowest BCUT2D eigenvalue weighted by Gasteiger charge is -2.36. The maximum atomic E-state index is 13.6. The zero-order chi connectivity index (χ0) is 25.2. The van der Waals surface area contributed by atoms with E-state index in [1.807, 2.05) is 0 Å². The lowest BCUT2D eigenvalue weighted by Crippen LogP contribution is -2.45. The van der Waals surface area contributed by atoms with Crippen LogP contribution in [0.25, 0.3) is 0 Å². The lowest BCUT2D eigenvalue weighted by molar-refractivity contribution is -0.115. The summed E-state index contributed by atoms with van der Waals surface area (Å²) in [5.41, 5.74) is 2.01. The summed E-state index contributed by atoms with van der Waals surface area (Å²) in [5, 5.41) is 2.15. The normalized spacial score (nSPS) is 13.5. The molecule has 35 heavy (non-hydrogen) atoms. The Bertz CT molecular complexity index is 1230. The van der Waals surface area contributed by atoms with Crippen molar-refractivity contribution in [3.8, 4) is 5.75 Å². The molecule has 1 aromatic heterocycles. The lowest BCUT2D eigenvalue weighted by atomic mass is 10.1. The molecule has 1 N–H and O–H groups in total. The second kappa shape index (κ2) is 9.61. The number of carbonyl (C=O) groups is 2. The standard InChI is InChI=1S/C24H22F3N5O3/c1-3-20(33)15-4-6-18(7-5-15)32-21-16(12-28-22(30-21)29-14-24(25,26)27)13-31(23(32)34)17-8-10-19(35-2)11-9-17/h4-12H,3,13-14H2,1-2H3,(H,28,29,30). The highest BCUT2D eigenvalue weighted by molar-refractivity contribution is 6.10. The molecule has 0 aliphatic carbocycles. The maximum absolute atomic E-state index is 13.6. The van der Waals surface area contributed by atoms with E-state index in [0.717, 1.165) is 0 Å². The molecule has 2 aromatic carbocycles. The summed E-state index contributed by atoms with van der Waals surface area (Å²) >= 11 is 0. The Labute approximate surface area is 199 Å². The van der Waals surface area contributed by atoms with Crippen molar-refractivity contribution in [3.63, 3.8) is 0 Å². The van der Waals surface area contributed by atoms with Gasteiger partial charge in [0.2, 0.25) is 5.95 Å². The van der Waals surface area contributed by atoms with Crippen LogP contribution in [-0.2, 0) is 6.54 Å². The van der Waals surface area contributed by atoms with E-state index in [0.29, 0.717) is 34.7 Å². The largest absolute Gasteiger partial charge is 0.497 e. The van der Waals surface area contributed by atoms with Gasteiger partial charge in [-0.3, -0.25) is 9.69 Å². The minimum absolute atomic E-state index is 0.0530. The molecule has 0 radical (unpaired) electrons. The van der Waals surface area contributed by atoms with Gasteiger partial charge in [0.05, 0.1) is 19.3 Å². The molecule has 0 unspecified atom stereocenters. The number of nitrogens with one attached hydrogen (secondary N) is 1. The van der Waals surface area contributed by atoms with E-state index in [4.69, 9.17) is 4.74 Å². The summed E-state index contributed by atoms with van der Waals surface area (Å²) in [4.78, 5) is 36.7. The fourth-order valence-corrected chi connectivity index (χ4v) is 3.61. The van der Waals surface area contributed by atoms with Crippen LogP contribution in [0.4, 0.5) is 41.1 Å². The number of hydrogen-bond acceptors (Lipinski definition) is 6. The predicted octanol–water partition coefficient (Wildman–Crippen LogP) is 5.33. The third-order valence-electron chi connectivity index (χ3n) is 5.40. The molecule has 11 heteroatoms. The number of hydrogen-bond donors (Lipinski definition) is 1. The maximum Gasteiger partial charge on any atom is 0.405 e. The predicted molar refractivity (Wildman–Crippen MR) is 124 cm³/mol. The first-order valence-electron chi connectivity index (χ1n) is 10.8. The zero-order valence-corrected chi connectivity index (χ0v) is 19.0. The Kier molecular flexibility index (Phi) is 6.59. The number of alkyl halides is 3. The fourth-order valence-electron chi connectivity index (χ4n) is 3.61. The van der Waals surface area contributed by atoms with Crippen molar-refractivity contribution in [1.29, 1.82) is 0 Å². The average molecular weight is 485 g/mol. The molecule has 2 heterocycles. The van der Waals surface area contributed by atoms with Gasteiger partial charge in [0.25, 0.3) is 0 Å². The molecule has 182 valence electrons. The number of fused-ring (bicyclic) bond motifs is 1. The molecule has 0 saturated heterocycles. The monoisotopic (exact) mass is 485 g/mol. The highest BCUT2D eigenvalue weighted by atomic mass is 19.4. The van der Waals surface area contributed by atoms with E-state index in [1.54, 1.807) is 55.5 Å². The Balaban J connectivity index is 1.75. The number of ether oxygens (including phenoxy) is 1. The zero-order valence-electron chi connectivity index (χ0n) is 19.0. The molecule has 0 atom stereocenters. The van der Waals surface area contributed by atoms with Crippen molar-refractivity contribution in [1.82, 2.24) is 9.97 Å². The van der Waals surface area contributed by atoms with Gasteiger partial charge in [0, 0.05) is 29.4 Å². The van der Waals surface area contributed by atoms with Gasteiger partial charge in [-0.25, -0.2) is 14.7 Å². The summed E-state index contributed by atoms with van der Waals surface area (Å²) in [6.07, 6.45) is -2.73. The van der Waals surface area contributed by atoms with Gasteiger partial charge < -0.3 is 10.1 Å². The number of urea groups is 1. The first-order valence-corrected chi connectivity index (χ1v) is 10.8. The fraction of sp³-hybridized carbons (Fsp3) is 0.250. The number of rotatable bonds is 7. The van der Waals surface area contributed by atoms with Crippen molar-refractivity contribution in [2.24, 2.45) is 0 Å². The van der Waals surface area contributed by atoms with Crippen molar-refractivity contribution in [2.75, 3.05) is 28.8 Å². The number of Topliss-reactive ketones (excluding diaryl/α,β-unsaturated/α-hetero) is 1. The third-order valence-corrected chi connectivity index (χ3v) is 5.40. The van der Waals surface area contributed by atoms with Crippen LogP contribution in [0.15, 0.2) is 54.7 Å². The van der Waals surface area contributed by atoms with Crippen LogP contribution in [0.5, 0.6) is 5.75 Å². The molecular formula is C24H22F3N5O3. The van der Waals surface area contributed by atoms with Gasteiger partial charge >= 0.3 is 12.2 Å². The average Bonchev–Trinajstić information content (AvgIpc) is 2.86. The number of ketones is 1. The Morgan fingerprint density at radius 2 is 1.74 bits per heavy atom. The van der Waals surface area contributed by atoms with Crippen molar-refractivity contribution >= 4 is 35.0 Å². The number of anilines is 4. The van der Waals surface area contributed by atoms with E-state index >= 15 is 0 Å². The molecule has 0 spiro atoms. The Morgan fingerprint density at radius 3 is 2.34 bits per heavy atom. The summed E-state index contributed by atoms with van der Waals surface area (Å²) in [6, 6.07) is 12.8. The van der Waals surface area contributed by atoms with Gasteiger partial charge in [-0.05, 0) is 48.5 Å². The number of methoxy groups -OCH3 is 1. The van der Waals surface area contributed by atoms with Crippen LogP contribution in [0, 0.1) is 0 Å². The van der Waals surface area contributed by atoms with Gasteiger partial charge in [0.15, 0.2) is 11.6 Å². The van der Waals surface area contributed by atoms with Gasteiger partial charge in [-0.1, -0.05) is 6.92 Å². The SMILES string of the molecule is CCC(=O)c1ccc(N2C(=O)N(c3ccc(OC)cc3)Cc3cnc(NCC(F)(F)F)nc32)cc1. The highest BCUT2D eigenvalue weighted by Gasteiger charge is 2.35. The van der Waals surface area contributed by atoms with Crippen LogP contribution in [0.3, 0.4) is 0 Å². The smallest absolute Gasteiger partial charge is 0.405 e. The summed E-state index contributed by atoms with van der Waals surface area (Å²) in [7, 11) is 1.54. The highest BCUT2D eigenvalue weighted by Crippen LogP contribution is 2.36. The molecule has 4 rings (SSSR count). The number of halogens is 3. The molecule has 8 nitrogen and oxygen atoms in total. The summed E-state index contributed by atoms with van der Waals surface area (Å²) < 4.78 is 43.2. The van der Waals surface area contributed by atoms with Crippen molar-refractivity contribution in [2.45, 2.75) is 26.1 Å². The number of nitrogens with zero attached hydrogens (tertiary/aromatic N) is 4. The number of aromatic nitrogens is 2. The molecular weight excluding hydrogens is 463 g/mol. The number of benzene rings is 2. The summed E-state index contributed by atoms with van der Waals surface area (Å²) in [5.74, 6) is 0.474. The Morgan fingerprint density at radius 1 is 1.09 bits per heavy atom. The molecule has 2 amide bonds. The van der Waals surface area contributed by atoms with Gasteiger partial charge in [-0.15, -0.1) is 0 Å². The molecule has 0 fully saturated rings.